The van der Waals surface area contributed by atoms with Crippen LogP contribution in [0.2, 0.25) is 0 Å². The fourth-order valence-electron chi connectivity index (χ4n) is 1.98. The number of fused-ring (bicyclic) bond motifs is 1. The van der Waals surface area contributed by atoms with Crippen molar-refractivity contribution in [1.82, 2.24) is 4.98 Å². The van der Waals surface area contributed by atoms with E-state index < -0.39 is 17.5 Å². The third kappa shape index (κ3) is 2.90. The normalized spacial score (nSPS) is 11.1. The number of hydrogen-bond acceptors (Lipinski definition) is 4. The van der Waals surface area contributed by atoms with Crippen molar-refractivity contribution in [2.45, 2.75) is 13.2 Å². The van der Waals surface area contributed by atoms with Gasteiger partial charge in [-0.25, -0.2) is 18.2 Å². The lowest BCUT2D eigenvalue weighted by Crippen LogP contribution is -1.99. The summed E-state index contributed by atoms with van der Waals surface area (Å²) in [6.45, 7) is -0.427. The Hall–Kier alpha value is -2.12. The summed E-state index contributed by atoms with van der Waals surface area (Å²) in [6.07, 6.45) is 0. The van der Waals surface area contributed by atoms with Crippen molar-refractivity contribution in [3.63, 3.8) is 0 Å². The summed E-state index contributed by atoms with van der Waals surface area (Å²) in [5.74, 6) is -1.75. The maximum absolute atomic E-state index is 13.6. The summed E-state index contributed by atoms with van der Waals surface area (Å²) in [6, 6.07) is 5.56. The van der Waals surface area contributed by atoms with Gasteiger partial charge < -0.3 is 9.84 Å². The molecule has 0 saturated heterocycles. The summed E-state index contributed by atoms with van der Waals surface area (Å²) >= 11 is 1.17. The number of benzene rings is 2. The lowest BCUT2D eigenvalue weighted by molar-refractivity contribution is 0.281. The summed E-state index contributed by atoms with van der Waals surface area (Å²) < 4.78 is 46.0. The van der Waals surface area contributed by atoms with Crippen molar-refractivity contribution >= 4 is 21.6 Å². The van der Waals surface area contributed by atoms with Gasteiger partial charge in [0.15, 0.2) is 0 Å². The quantitative estimate of drug-likeness (QED) is 0.794. The van der Waals surface area contributed by atoms with Gasteiger partial charge in [-0.15, -0.1) is 11.3 Å². The molecule has 0 aliphatic rings. The molecule has 0 spiro atoms. The Balaban J connectivity index is 1.91. The molecule has 0 saturated carbocycles. The van der Waals surface area contributed by atoms with Gasteiger partial charge in [-0.1, -0.05) is 0 Å². The van der Waals surface area contributed by atoms with Gasteiger partial charge in [0.25, 0.3) is 0 Å². The molecule has 0 fully saturated rings. The predicted octanol–water partition coefficient (Wildman–Crippen LogP) is 3.78. The van der Waals surface area contributed by atoms with Gasteiger partial charge in [0, 0.05) is 23.8 Å². The van der Waals surface area contributed by atoms with E-state index in [-0.39, 0.29) is 24.5 Å². The number of nitrogens with zero attached hydrogens (tertiary/aromatic N) is 1. The number of aliphatic hydroxyl groups is 1. The zero-order chi connectivity index (χ0) is 15.7. The molecule has 2 aromatic carbocycles. The highest BCUT2D eigenvalue weighted by Gasteiger charge is 2.12. The molecule has 0 amide bonds. The lowest BCUT2D eigenvalue weighted by atomic mass is 10.2. The van der Waals surface area contributed by atoms with E-state index in [1.807, 2.05) is 0 Å². The highest BCUT2D eigenvalue weighted by atomic mass is 32.1. The molecule has 22 heavy (non-hydrogen) atoms. The van der Waals surface area contributed by atoms with Gasteiger partial charge in [0.05, 0.1) is 16.8 Å². The first-order valence-corrected chi connectivity index (χ1v) is 7.15. The molecule has 1 aromatic heterocycles. The molecule has 7 heteroatoms. The Morgan fingerprint density at radius 2 is 1.91 bits per heavy atom. The highest BCUT2D eigenvalue weighted by molar-refractivity contribution is 7.18. The van der Waals surface area contributed by atoms with Gasteiger partial charge in [0.2, 0.25) is 0 Å². The van der Waals surface area contributed by atoms with Gasteiger partial charge in [0.1, 0.15) is 34.8 Å². The molecule has 114 valence electrons. The molecule has 3 rings (SSSR count). The first-order chi connectivity index (χ1) is 10.6. The minimum atomic E-state index is -0.729. The van der Waals surface area contributed by atoms with Crippen LogP contribution in [0.25, 0.3) is 10.2 Å². The lowest BCUT2D eigenvalue weighted by Gasteiger charge is -2.08. The molecule has 0 aliphatic heterocycles. The number of aromatic nitrogens is 1. The summed E-state index contributed by atoms with van der Waals surface area (Å²) in [5, 5.41) is 9.53. The maximum Gasteiger partial charge on any atom is 0.142 e. The van der Waals surface area contributed by atoms with Crippen molar-refractivity contribution in [1.29, 1.82) is 0 Å². The zero-order valence-corrected chi connectivity index (χ0v) is 12.0. The largest absolute Gasteiger partial charge is 0.487 e. The number of aliphatic hydroxyl groups excluding tert-OH is 1. The smallest absolute Gasteiger partial charge is 0.142 e. The minimum absolute atomic E-state index is 0.158. The number of thiazole rings is 1. The molecular formula is C15H10F3NO2S. The van der Waals surface area contributed by atoms with E-state index in [4.69, 9.17) is 9.84 Å². The van der Waals surface area contributed by atoms with E-state index in [0.717, 1.165) is 12.1 Å². The Labute approximate surface area is 127 Å². The van der Waals surface area contributed by atoms with Crippen LogP contribution in [0.3, 0.4) is 0 Å². The van der Waals surface area contributed by atoms with Crippen LogP contribution in [0.15, 0.2) is 30.3 Å². The summed E-state index contributed by atoms with van der Waals surface area (Å²) in [4.78, 5) is 4.06. The van der Waals surface area contributed by atoms with Crippen molar-refractivity contribution in [3.8, 4) is 5.75 Å². The molecule has 3 aromatic rings. The SMILES string of the molecule is OCc1nc2cc(F)cc(OCc3ccc(F)cc3F)c2s1. The standard InChI is InChI=1S/C15H10F3NO2S/c16-9-2-1-8(11(18)3-9)7-21-13-5-10(17)4-12-15(13)22-14(6-20)19-12/h1-5,20H,6-7H2. The van der Waals surface area contributed by atoms with E-state index in [2.05, 4.69) is 4.98 Å². The van der Waals surface area contributed by atoms with Crippen LogP contribution in [-0.4, -0.2) is 10.1 Å². The fourth-order valence-corrected chi connectivity index (χ4v) is 2.86. The number of halogens is 3. The molecule has 0 bridgehead atoms. The number of hydrogen-bond donors (Lipinski definition) is 1. The van der Waals surface area contributed by atoms with E-state index in [1.54, 1.807) is 0 Å². The summed E-state index contributed by atoms with van der Waals surface area (Å²) in [7, 11) is 0. The Kier molecular flexibility index (Phi) is 4.00. The fraction of sp³-hybridized carbons (Fsp3) is 0.133. The first kappa shape index (κ1) is 14.8. The summed E-state index contributed by atoms with van der Waals surface area (Å²) in [5.41, 5.74) is 0.523. The van der Waals surface area contributed by atoms with E-state index in [9.17, 15) is 13.2 Å². The van der Waals surface area contributed by atoms with Crippen molar-refractivity contribution in [2.75, 3.05) is 0 Å². The molecule has 0 unspecified atom stereocenters. The van der Waals surface area contributed by atoms with E-state index >= 15 is 0 Å². The molecular weight excluding hydrogens is 315 g/mol. The van der Waals surface area contributed by atoms with Crippen molar-refractivity contribution in [3.05, 3.63) is 58.4 Å². The second kappa shape index (κ2) is 5.94. The van der Waals surface area contributed by atoms with Gasteiger partial charge >= 0.3 is 0 Å². The highest BCUT2D eigenvalue weighted by Crippen LogP contribution is 2.33. The monoisotopic (exact) mass is 325 g/mol. The minimum Gasteiger partial charge on any atom is -0.487 e. The van der Waals surface area contributed by atoms with Crippen LogP contribution in [0.4, 0.5) is 13.2 Å². The first-order valence-electron chi connectivity index (χ1n) is 6.33. The number of ether oxygens (including phenoxy) is 1. The van der Waals surface area contributed by atoms with E-state index in [0.29, 0.717) is 15.2 Å². The second-order valence-corrected chi connectivity index (χ2v) is 5.63. The third-order valence-corrected chi connectivity index (χ3v) is 4.07. The Morgan fingerprint density at radius 3 is 2.64 bits per heavy atom. The predicted molar refractivity (Wildman–Crippen MR) is 76.2 cm³/mol. The van der Waals surface area contributed by atoms with Gasteiger partial charge in [-0.2, -0.15) is 0 Å². The molecule has 0 atom stereocenters. The van der Waals surface area contributed by atoms with Crippen LogP contribution in [0, 0.1) is 17.5 Å². The molecule has 3 nitrogen and oxygen atoms in total. The van der Waals surface area contributed by atoms with Gasteiger partial charge in [-0.3, -0.25) is 0 Å². The Morgan fingerprint density at radius 1 is 1.09 bits per heavy atom. The van der Waals surface area contributed by atoms with Crippen LogP contribution < -0.4 is 4.74 Å². The average molecular weight is 325 g/mol. The topological polar surface area (TPSA) is 42.4 Å². The molecule has 0 radical (unpaired) electrons. The Bertz CT molecular complexity index is 835. The number of rotatable bonds is 4. The van der Waals surface area contributed by atoms with Crippen LogP contribution in [0.5, 0.6) is 5.75 Å². The van der Waals surface area contributed by atoms with Crippen molar-refractivity contribution < 1.29 is 23.0 Å². The van der Waals surface area contributed by atoms with Crippen LogP contribution >= 0.6 is 11.3 Å². The zero-order valence-electron chi connectivity index (χ0n) is 11.1. The van der Waals surface area contributed by atoms with Crippen LogP contribution in [0.1, 0.15) is 10.6 Å². The average Bonchev–Trinajstić information content (AvgIpc) is 2.89. The maximum atomic E-state index is 13.6. The van der Waals surface area contributed by atoms with E-state index in [1.165, 1.54) is 29.5 Å². The molecule has 1 N–H and O–H groups in total. The molecule has 1 heterocycles. The van der Waals surface area contributed by atoms with Crippen LogP contribution in [-0.2, 0) is 13.2 Å². The third-order valence-electron chi connectivity index (χ3n) is 3.00. The van der Waals surface area contributed by atoms with Gasteiger partial charge in [-0.05, 0) is 12.1 Å². The molecule has 0 aliphatic carbocycles. The second-order valence-electron chi connectivity index (χ2n) is 4.54. The van der Waals surface area contributed by atoms with Crippen molar-refractivity contribution in [2.24, 2.45) is 0 Å².